The molecule has 0 saturated carbocycles. The van der Waals surface area contributed by atoms with Crippen LogP contribution in [0.2, 0.25) is 15.1 Å². The zero-order valence-corrected chi connectivity index (χ0v) is 20.0. The summed E-state index contributed by atoms with van der Waals surface area (Å²) >= 11 is 18.5. The molecule has 8 heteroatoms. The van der Waals surface area contributed by atoms with Gasteiger partial charge in [-0.2, -0.15) is 5.10 Å². The molecule has 0 fully saturated rings. The van der Waals surface area contributed by atoms with Crippen molar-refractivity contribution in [2.75, 3.05) is 5.32 Å². The Hall–Kier alpha value is -2.99. The SMILES string of the molecule is Cc1cc(NC(=O)c2ccc(COc3cccc(Cl)c3)cc2)nn1Cc1c(Cl)cccc1Cl. The highest BCUT2D eigenvalue weighted by molar-refractivity contribution is 6.36. The molecule has 1 N–H and O–H groups in total. The van der Waals surface area contributed by atoms with Crippen molar-refractivity contribution in [3.8, 4) is 5.75 Å². The first-order valence-electron chi connectivity index (χ1n) is 10.1. The Balaban J connectivity index is 1.38. The molecule has 4 aromatic rings. The number of amides is 1. The van der Waals surface area contributed by atoms with Crippen molar-refractivity contribution in [1.29, 1.82) is 0 Å². The number of hydrogen-bond donors (Lipinski definition) is 1. The summed E-state index contributed by atoms with van der Waals surface area (Å²) in [5.41, 5.74) is 3.10. The molecule has 0 atom stereocenters. The zero-order valence-electron chi connectivity index (χ0n) is 17.7. The minimum atomic E-state index is -0.252. The van der Waals surface area contributed by atoms with Crippen LogP contribution in [-0.2, 0) is 13.2 Å². The highest BCUT2D eigenvalue weighted by atomic mass is 35.5. The molecule has 0 unspecified atom stereocenters. The monoisotopic (exact) mass is 499 g/mol. The fourth-order valence-electron chi connectivity index (χ4n) is 3.23. The number of nitrogens with one attached hydrogen (secondary N) is 1. The van der Waals surface area contributed by atoms with Gasteiger partial charge < -0.3 is 10.1 Å². The van der Waals surface area contributed by atoms with Crippen LogP contribution in [0.4, 0.5) is 5.82 Å². The summed E-state index contributed by atoms with van der Waals surface area (Å²) in [6.07, 6.45) is 0. The Morgan fingerprint density at radius 1 is 0.970 bits per heavy atom. The first-order chi connectivity index (χ1) is 15.9. The zero-order chi connectivity index (χ0) is 23.4. The van der Waals surface area contributed by atoms with Crippen LogP contribution < -0.4 is 10.1 Å². The number of hydrogen-bond acceptors (Lipinski definition) is 3. The van der Waals surface area contributed by atoms with Crippen molar-refractivity contribution in [2.24, 2.45) is 0 Å². The Labute approximate surface area is 206 Å². The van der Waals surface area contributed by atoms with Crippen molar-refractivity contribution >= 4 is 46.5 Å². The summed E-state index contributed by atoms with van der Waals surface area (Å²) in [5.74, 6) is 0.889. The second kappa shape index (κ2) is 10.3. The molecule has 1 heterocycles. The van der Waals surface area contributed by atoms with Gasteiger partial charge in [-0.15, -0.1) is 0 Å². The summed E-state index contributed by atoms with van der Waals surface area (Å²) in [6.45, 7) is 2.68. The Bertz CT molecular complexity index is 1270. The lowest BCUT2D eigenvalue weighted by Crippen LogP contribution is -2.13. The van der Waals surface area contributed by atoms with Crippen LogP contribution in [0.3, 0.4) is 0 Å². The molecule has 3 aromatic carbocycles. The Morgan fingerprint density at radius 3 is 2.36 bits per heavy atom. The van der Waals surface area contributed by atoms with Gasteiger partial charge in [-0.3, -0.25) is 9.48 Å². The van der Waals surface area contributed by atoms with Gasteiger partial charge in [-0.1, -0.05) is 59.1 Å². The van der Waals surface area contributed by atoms with E-state index in [2.05, 4.69) is 10.4 Å². The fraction of sp³-hybridized carbons (Fsp3) is 0.120. The van der Waals surface area contributed by atoms with Crippen LogP contribution in [0.15, 0.2) is 72.8 Å². The minimum Gasteiger partial charge on any atom is -0.489 e. The molecule has 0 radical (unpaired) electrons. The van der Waals surface area contributed by atoms with Gasteiger partial charge in [0, 0.05) is 38.0 Å². The van der Waals surface area contributed by atoms with Crippen LogP contribution in [0.25, 0.3) is 0 Å². The number of aromatic nitrogens is 2. The predicted octanol–water partition coefficient (Wildman–Crippen LogP) is 7.03. The second-order valence-corrected chi connectivity index (χ2v) is 8.68. The highest BCUT2D eigenvalue weighted by Gasteiger charge is 2.13. The maximum atomic E-state index is 12.7. The van der Waals surface area contributed by atoms with Crippen LogP contribution in [0.5, 0.6) is 5.75 Å². The minimum absolute atomic E-state index is 0.252. The lowest BCUT2D eigenvalue weighted by atomic mass is 10.1. The van der Waals surface area contributed by atoms with Gasteiger partial charge >= 0.3 is 0 Å². The van der Waals surface area contributed by atoms with E-state index in [1.807, 2.05) is 31.2 Å². The fourth-order valence-corrected chi connectivity index (χ4v) is 3.93. The van der Waals surface area contributed by atoms with Crippen molar-refractivity contribution < 1.29 is 9.53 Å². The number of nitrogens with zero attached hydrogens (tertiary/aromatic N) is 2. The lowest BCUT2D eigenvalue weighted by Gasteiger charge is -2.09. The molecule has 0 aliphatic heterocycles. The van der Waals surface area contributed by atoms with E-state index in [-0.39, 0.29) is 5.91 Å². The van der Waals surface area contributed by atoms with Crippen LogP contribution in [0.1, 0.15) is 27.2 Å². The number of anilines is 1. The molecule has 1 amide bonds. The van der Waals surface area contributed by atoms with E-state index in [9.17, 15) is 4.79 Å². The van der Waals surface area contributed by atoms with Crippen molar-refractivity contribution in [2.45, 2.75) is 20.1 Å². The largest absolute Gasteiger partial charge is 0.489 e. The number of halogens is 3. The van der Waals surface area contributed by atoms with E-state index in [0.29, 0.717) is 45.4 Å². The molecule has 0 aliphatic carbocycles. The van der Waals surface area contributed by atoms with Gasteiger partial charge in [0.15, 0.2) is 5.82 Å². The number of benzene rings is 3. The first kappa shape index (κ1) is 23.2. The molecule has 0 aliphatic rings. The smallest absolute Gasteiger partial charge is 0.256 e. The summed E-state index contributed by atoms with van der Waals surface area (Å²) in [7, 11) is 0. The van der Waals surface area contributed by atoms with Gasteiger partial charge in [0.1, 0.15) is 12.4 Å². The van der Waals surface area contributed by atoms with E-state index in [1.165, 1.54) is 0 Å². The van der Waals surface area contributed by atoms with E-state index < -0.39 is 0 Å². The van der Waals surface area contributed by atoms with Crippen molar-refractivity contribution in [1.82, 2.24) is 9.78 Å². The van der Waals surface area contributed by atoms with Gasteiger partial charge in [0.05, 0.1) is 6.54 Å². The summed E-state index contributed by atoms with van der Waals surface area (Å²) < 4.78 is 7.48. The molecule has 1 aromatic heterocycles. The molecular weight excluding hydrogens is 481 g/mol. The lowest BCUT2D eigenvalue weighted by molar-refractivity contribution is 0.102. The summed E-state index contributed by atoms with van der Waals surface area (Å²) in [5, 5.41) is 9.07. The molecule has 0 bridgehead atoms. The molecule has 168 valence electrons. The summed E-state index contributed by atoms with van der Waals surface area (Å²) in [4.78, 5) is 12.7. The topological polar surface area (TPSA) is 56.1 Å². The second-order valence-electron chi connectivity index (χ2n) is 7.43. The number of carbonyl (C=O) groups excluding carboxylic acids is 1. The normalized spacial score (nSPS) is 10.8. The summed E-state index contributed by atoms with van der Waals surface area (Å²) in [6, 6.07) is 21.6. The third-order valence-electron chi connectivity index (χ3n) is 5.01. The van der Waals surface area contributed by atoms with Crippen LogP contribution in [0, 0.1) is 6.92 Å². The maximum absolute atomic E-state index is 12.7. The van der Waals surface area contributed by atoms with Gasteiger partial charge in [0.25, 0.3) is 5.91 Å². The number of ether oxygens (including phenoxy) is 1. The van der Waals surface area contributed by atoms with Gasteiger partial charge in [0.2, 0.25) is 0 Å². The van der Waals surface area contributed by atoms with Crippen LogP contribution >= 0.6 is 34.8 Å². The molecule has 33 heavy (non-hydrogen) atoms. The molecule has 4 rings (SSSR count). The highest BCUT2D eigenvalue weighted by Crippen LogP contribution is 2.26. The average molecular weight is 501 g/mol. The molecule has 0 saturated heterocycles. The number of rotatable bonds is 7. The van der Waals surface area contributed by atoms with E-state index in [1.54, 1.807) is 53.2 Å². The van der Waals surface area contributed by atoms with Crippen LogP contribution in [-0.4, -0.2) is 15.7 Å². The predicted molar refractivity (Wildman–Crippen MR) is 133 cm³/mol. The molecule has 0 spiro atoms. The third kappa shape index (κ3) is 5.88. The van der Waals surface area contributed by atoms with Gasteiger partial charge in [-0.05, 0) is 55.0 Å². The van der Waals surface area contributed by atoms with Crippen molar-refractivity contribution in [3.05, 3.63) is 110 Å². The van der Waals surface area contributed by atoms with Crippen molar-refractivity contribution in [3.63, 3.8) is 0 Å². The molecule has 5 nitrogen and oxygen atoms in total. The van der Waals surface area contributed by atoms with Gasteiger partial charge in [-0.25, -0.2) is 0 Å². The third-order valence-corrected chi connectivity index (χ3v) is 5.95. The van der Waals surface area contributed by atoms with E-state index >= 15 is 0 Å². The standard InChI is InChI=1S/C25H20Cl3N3O2/c1-16-12-24(30-31(16)14-21-22(27)6-3-7-23(21)28)29-25(32)18-10-8-17(9-11-18)15-33-20-5-2-4-19(26)13-20/h2-13H,14-15H2,1H3,(H,29,30,32). The van der Waals surface area contributed by atoms with E-state index in [0.717, 1.165) is 16.8 Å². The average Bonchev–Trinajstić information content (AvgIpc) is 3.14. The molecular formula is C25H20Cl3N3O2. The number of carbonyl (C=O) groups is 1. The Morgan fingerprint density at radius 2 is 1.67 bits per heavy atom. The number of aryl methyl sites for hydroxylation is 1. The Kier molecular flexibility index (Phi) is 7.23. The van der Waals surface area contributed by atoms with E-state index in [4.69, 9.17) is 39.5 Å². The maximum Gasteiger partial charge on any atom is 0.256 e. The quantitative estimate of drug-likeness (QED) is 0.296. The first-order valence-corrected chi connectivity index (χ1v) is 11.3.